The van der Waals surface area contributed by atoms with E-state index < -0.39 is 59.5 Å². The maximum atomic E-state index is 13.5. The zero-order valence-electron chi connectivity index (χ0n) is 20.3. The summed E-state index contributed by atoms with van der Waals surface area (Å²) in [5.41, 5.74) is -0.575. The van der Waals surface area contributed by atoms with Crippen LogP contribution in [0.2, 0.25) is 0 Å². The van der Waals surface area contributed by atoms with Crippen LogP contribution in [0.25, 0.3) is 0 Å². The molecule has 5 atom stereocenters. The Bertz CT molecular complexity index is 1180. The van der Waals surface area contributed by atoms with Crippen molar-refractivity contribution < 1.29 is 42.9 Å². The van der Waals surface area contributed by atoms with Crippen molar-refractivity contribution in [3.8, 4) is 0 Å². The average molecular weight is 528 g/mol. The van der Waals surface area contributed by atoms with Gasteiger partial charge in [-0.3, -0.25) is 28.9 Å². The molecule has 10 nitrogen and oxygen atoms in total. The fourth-order valence-corrected chi connectivity index (χ4v) is 5.56. The third kappa shape index (κ3) is 5.67. The lowest BCUT2D eigenvalue weighted by Crippen LogP contribution is -2.66. The number of carbonyl (C=O) groups is 5. The van der Waals surface area contributed by atoms with Gasteiger partial charge in [-0.1, -0.05) is 42.1 Å². The Morgan fingerprint density at radius 1 is 0.811 bits per heavy atom. The van der Waals surface area contributed by atoms with Gasteiger partial charge in [-0.15, -0.1) is 0 Å². The summed E-state index contributed by atoms with van der Waals surface area (Å²) < 4.78 is 22.5. The zero-order chi connectivity index (χ0) is 26.7. The van der Waals surface area contributed by atoms with Crippen LogP contribution in [0.1, 0.15) is 41.5 Å². The van der Waals surface area contributed by atoms with Crippen LogP contribution in [0, 0.1) is 0 Å². The molecular weight excluding hydrogens is 502 g/mol. The molecule has 1 saturated heterocycles. The summed E-state index contributed by atoms with van der Waals surface area (Å²) >= 11 is 1.19. The molecule has 1 fully saturated rings. The third-order valence-electron chi connectivity index (χ3n) is 5.79. The molecule has 2 aromatic rings. The Labute approximate surface area is 217 Å². The largest absolute Gasteiger partial charge is 0.463 e. The van der Waals surface area contributed by atoms with Gasteiger partial charge in [0.2, 0.25) is 0 Å². The minimum Gasteiger partial charge on any atom is -0.463 e. The number of nitrogens with zero attached hydrogens (tertiary/aromatic N) is 1. The van der Waals surface area contributed by atoms with Crippen LogP contribution in [0.4, 0.5) is 0 Å². The number of ether oxygens (including phenoxy) is 4. The van der Waals surface area contributed by atoms with E-state index in [1.807, 2.05) is 30.3 Å². The predicted octanol–water partition coefficient (Wildman–Crippen LogP) is 2.59. The quantitative estimate of drug-likeness (QED) is 0.301. The van der Waals surface area contributed by atoms with Gasteiger partial charge in [0, 0.05) is 25.7 Å². The molecule has 4 rings (SSSR count). The highest BCUT2D eigenvalue weighted by molar-refractivity contribution is 7.99. The lowest BCUT2D eigenvalue weighted by atomic mass is 9.96. The smallest absolute Gasteiger partial charge is 0.303 e. The normalized spacial score (nSPS) is 24.8. The molecule has 0 radical (unpaired) electrons. The molecule has 37 heavy (non-hydrogen) atoms. The third-order valence-corrected chi connectivity index (χ3v) is 6.96. The number of amides is 2. The molecule has 2 aromatic carbocycles. The van der Waals surface area contributed by atoms with E-state index in [1.54, 1.807) is 12.1 Å². The van der Waals surface area contributed by atoms with Gasteiger partial charge in [0.1, 0.15) is 24.2 Å². The molecule has 0 bridgehead atoms. The average Bonchev–Trinajstić information content (AvgIpc) is 3.10. The summed E-state index contributed by atoms with van der Waals surface area (Å²) in [4.78, 5) is 64.6. The number of thioether (sulfide) groups is 1. The van der Waals surface area contributed by atoms with Crippen LogP contribution in [0.5, 0.6) is 0 Å². The van der Waals surface area contributed by atoms with Crippen LogP contribution in [-0.2, 0) is 33.3 Å². The predicted molar refractivity (Wildman–Crippen MR) is 129 cm³/mol. The minimum absolute atomic E-state index is 0.198. The standard InChI is InChI=1S/C26H25NO9S/c1-14(28)33-13-20-22(34-15(2)29)23(35-16(3)30)21(26(36-20)37-17-9-5-4-6-10-17)27-24(31)18-11-7-8-12-19(18)25(27)32/h4-12,20-23,26H,13H2,1-3H3/t20?,21?,22-,23?,26+/m1/s1. The Morgan fingerprint density at radius 2 is 1.35 bits per heavy atom. The summed E-state index contributed by atoms with van der Waals surface area (Å²) in [6.45, 7) is 3.23. The molecule has 2 aliphatic heterocycles. The summed E-state index contributed by atoms with van der Waals surface area (Å²) in [6.07, 6.45) is -3.63. The minimum atomic E-state index is -1.31. The van der Waals surface area contributed by atoms with Gasteiger partial charge in [0.25, 0.3) is 11.8 Å². The van der Waals surface area contributed by atoms with E-state index in [1.165, 1.54) is 37.7 Å². The molecule has 0 saturated carbocycles. The van der Waals surface area contributed by atoms with E-state index in [9.17, 15) is 24.0 Å². The summed E-state index contributed by atoms with van der Waals surface area (Å²) in [5, 5.41) is 0. The van der Waals surface area contributed by atoms with Gasteiger partial charge in [-0.2, -0.15) is 0 Å². The molecule has 2 heterocycles. The molecule has 194 valence electrons. The van der Waals surface area contributed by atoms with Crippen molar-refractivity contribution in [1.82, 2.24) is 4.90 Å². The Hall–Kier alpha value is -3.70. The topological polar surface area (TPSA) is 126 Å². The molecule has 0 spiro atoms. The van der Waals surface area contributed by atoms with Gasteiger partial charge in [0.05, 0.1) is 11.1 Å². The van der Waals surface area contributed by atoms with E-state index in [4.69, 9.17) is 18.9 Å². The van der Waals surface area contributed by atoms with Crippen LogP contribution in [-0.4, -0.2) is 71.0 Å². The SMILES string of the molecule is CC(=O)OCC1O[C@@H](Sc2ccccc2)C(N2C(=O)c3ccccc3C2=O)C(OC(C)=O)[C@@H]1OC(C)=O. The first-order chi connectivity index (χ1) is 17.7. The lowest BCUT2D eigenvalue weighted by Gasteiger charge is -2.47. The van der Waals surface area contributed by atoms with Crippen molar-refractivity contribution in [2.45, 2.75) is 55.5 Å². The highest BCUT2D eigenvalue weighted by atomic mass is 32.2. The monoisotopic (exact) mass is 527 g/mol. The fourth-order valence-electron chi connectivity index (χ4n) is 4.37. The second-order valence-corrected chi connectivity index (χ2v) is 9.61. The van der Waals surface area contributed by atoms with Gasteiger partial charge in [-0.25, -0.2) is 0 Å². The summed E-state index contributed by atoms with van der Waals surface area (Å²) in [7, 11) is 0. The van der Waals surface area contributed by atoms with E-state index in [2.05, 4.69) is 0 Å². The van der Waals surface area contributed by atoms with Crippen LogP contribution in [0.3, 0.4) is 0 Å². The van der Waals surface area contributed by atoms with Gasteiger partial charge < -0.3 is 18.9 Å². The van der Waals surface area contributed by atoms with E-state index in [0.717, 1.165) is 16.7 Å². The number of hydrogen-bond acceptors (Lipinski definition) is 10. The van der Waals surface area contributed by atoms with Crippen molar-refractivity contribution >= 4 is 41.5 Å². The maximum Gasteiger partial charge on any atom is 0.303 e. The first kappa shape index (κ1) is 26.4. The van der Waals surface area contributed by atoms with Crippen molar-refractivity contribution in [3.63, 3.8) is 0 Å². The van der Waals surface area contributed by atoms with Crippen molar-refractivity contribution in [3.05, 3.63) is 65.7 Å². The lowest BCUT2D eigenvalue weighted by molar-refractivity contribution is -0.216. The highest BCUT2D eigenvalue weighted by Crippen LogP contribution is 2.40. The highest BCUT2D eigenvalue weighted by Gasteiger charge is 2.56. The number of carbonyl (C=O) groups excluding carboxylic acids is 5. The number of hydrogen-bond donors (Lipinski definition) is 0. The van der Waals surface area contributed by atoms with E-state index in [-0.39, 0.29) is 17.7 Å². The molecule has 3 unspecified atom stereocenters. The molecule has 2 aliphatic rings. The van der Waals surface area contributed by atoms with Crippen LogP contribution in [0.15, 0.2) is 59.5 Å². The van der Waals surface area contributed by atoms with Crippen LogP contribution < -0.4 is 0 Å². The summed E-state index contributed by atoms with van der Waals surface area (Å²) in [5.74, 6) is -3.21. The second-order valence-electron chi connectivity index (χ2n) is 8.44. The summed E-state index contributed by atoms with van der Waals surface area (Å²) in [6, 6.07) is 14.2. The molecule has 0 aromatic heterocycles. The number of esters is 3. The van der Waals surface area contributed by atoms with Crippen molar-refractivity contribution in [1.29, 1.82) is 0 Å². The number of rotatable bonds is 7. The number of fused-ring (bicyclic) bond motifs is 1. The Kier molecular flexibility index (Phi) is 7.94. The fraction of sp³-hybridized carbons (Fsp3) is 0.346. The van der Waals surface area contributed by atoms with Gasteiger partial charge >= 0.3 is 17.9 Å². The first-order valence-electron chi connectivity index (χ1n) is 11.5. The number of imide groups is 1. The first-order valence-corrected chi connectivity index (χ1v) is 12.4. The zero-order valence-corrected chi connectivity index (χ0v) is 21.1. The van der Waals surface area contributed by atoms with E-state index in [0.29, 0.717) is 0 Å². The van der Waals surface area contributed by atoms with Crippen LogP contribution >= 0.6 is 11.8 Å². The van der Waals surface area contributed by atoms with Crippen molar-refractivity contribution in [2.75, 3.05) is 6.61 Å². The van der Waals surface area contributed by atoms with Crippen molar-refractivity contribution in [2.24, 2.45) is 0 Å². The molecule has 2 amide bonds. The molecule has 0 N–H and O–H groups in total. The van der Waals surface area contributed by atoms with Gasteiger partial charge in [0.15, 0.2) is 12.2 Å². The maximum absolute atomic E-state index is 13.5. The molecule has 11 heteroatoms. The Balaban J connectivity index is 1.81. The van der Waals surface area contributed by atoms with Gasteiger partial charge in [-0.05, 0) is 24.3 Å². The molecular formula is C26H25NO9S. The second kappa shape index (κ2) is 11.1. The Morgan fingerprint density at radius 3 is 1.89 bits per heavy atom. The molecule has 0 aliphatic carbocycles. The van der Waals surface area contributed by atoms with E-state index >= 15 is 0 Å². The number of benzene rings is 2.